The quantitative estimate of drug-likeness (QED) is 0.637. The predicted octanol–water partition coefficient (Wildman–Crippen LogP) is 2.66. The molecule has 2 nitrogen and oxygen atoms in total. The molecule has 0 spiro atoms. The first kappa shape index (κ1) is 12.6. The molecule has 0 rings (SSSR count). The van der Waals surface area contributed by atoms with Crippen molar-refractivity contribution in [1.29, 1.82) is 0 Å². The van der Waals surface area contributed by atoms with Crippen molar-refractivity contribution in [3.05, 3.63) is 0 Å². The Labute approximate surface area is 81.7 Å². The van der Waals surface area contributed by atoms with Crippen LogP contribution in [0.2, 0.25) is 0 Å². The molecule has 0 radical (unpaired) electrons. The minimum absolute atomic E-state index is 0.0132. The van der Waals surface area contributed by atoms with Gasteiger partial charge in [0.05, 0.1) is 6.61 Å². The number of carbonyl (C=O) groups is 1. The third-order valence-electron chi connectivity index (χ3n) is 1.67. The van der Waals surface area contributed by atoms with E-state index in [-0.39, 0.29) is 11.2 Å². The van der Waals surface area contributed by atoms with Crippen LogP contribution >= 0.6 is 0 Å². The van der Waals surface area contributed by atoms with Crippen LogP contribution in [-0.2, 0) is 9.53 Å². The third-order valence-corrected chi connectivity index (χ3v) is 1.67. The summed E-state index contributed by atoms with van der Waals surface area (Å²) in [6, 6.07) is 0. The van der Waals surface area contributed by atoms with E-state index in [0.29, 0.717) is 18.9 Å². The summed E-state index contributed by atoms with van der Waals surface area (Å²) >= 11 is 0. The smallest absolute Gasteiger partial charge is 0.130 e. The molecular formula is C11H22O2. The van der Waals surface area contributed by atoms with Crippen molar-refractivity contribution in [3.8, 4) is 0 Å². The highest BCUT2D eigenvalue weighted by atomic mass is 16.5. The lowest BCUT2D eigenvalue weighted by Crippen LogP contribution is -2.23. The van der Waals surface area contributed by atoms with Gasteiger partial charge in [0.15, 0.2) is 0 Å². The van der Waals surface area contributed by atoms with Gasteiger partial charge in [-0.3, -0.25) is 0 Å². The number of hydrogen-bond donors (Lipinski definition) is 0. The molecule has 0 aromatic heterocycles. The average Bonchev–Trinajstić information content (AvgIpc) is 1.81. The first-order valence-electron chi connectivity index (χ1n) is 4.91. The fourth-order valence-electron chi connectivity index (χ4n) is 1.30. The van der Waals surface area contributed by atoms with E-state index in [1.807, 2.05) is 0 Å². The highest BCUT2D eigenvalue weighted by Crippen LogP contribution is 2.21. The Morgan fingerprint density at radius 1 is 1.38 bits per heavy atom. The van der Waals surface area contributed by atoms with Gasteiger partial charge in [-0.15, -0.1) is 0 Å². The van der Waals surface area contributed by atoms with Gasteiger partial charge in [0.2, 0.25) is 0 Å². The van der Waals surface area contributed by atoms with E-state index >= 15 is 0 Å². The van der Waals surface area contributed by atoms with Crippen molar-refractivity contribution >= 4 is 5.78 Å². The Balaban J connectivity index is 3.69. The number of Topliss-reactive ketones (excluding diaryl/α,β-unsaturated/α-hetero) is 1. The Bertz CT molecular complexity index is 159. The molecular weight excluding hydrogens is 164 g/mol. The normalized spacial score (nSPS) is 12.2. The summed E-state index contributed by atoms with van der Waals surface area (Å²) in [7, 11) is 0. The molecule has 0 saturated carbocycles. The molecule has 0 amide bonds. The summed E-state index contributed by atoms with van der Waals surface area (Å²) in [5.41, 5.74) is -0.0132. The third kappa shape index (κ3) is 7.97. The first-order chi connectivity index (χ1) is 5.83. The largest absolute Gasteiger partial charge is 0.381 e. The predicted molar refractivity (Wildman–Crippen MR) is 54.7 cm³/mol. The molecule has 13 heavy (non-hydrogen) atoms. The van der Waals surface area contributed by atoms with E-state index in [9.17, 15) is 4.79 Å². The summed E-state index contributed by atoms with van der Waals surface area (Å²) < 4.78 is 5.51. The van der Waals surface area contributed by atoms with Gasteiger partial charge in [-0.25, -0.2) is 0 Å². The second-order valence-corrected chi connectivity index (χ2v) is 4.95. The standard InChI is InChI=1S/C11H22O2/c1-9(2)7-13-8-11(4,5)6-10(3)12/h9H,6-8H2,1-5H3. The molecule has 0 N–H and O–H groups in total. The van der Waals surface area contributed by atoms with Crippen LogP contribution in [-0.4, -0.2) is 19.0 Å². The van der Waals surface area contributed by atoms with Crippen LogP contribution in [0, 0.1) is 11.3 Å². The van der Waals surface area contributed by atoms with E-state index in [1.165, 1.54) is 0 Å². The Kier molecular flexibility index (Phi) is 5.23. The van der Waals surface area contributed by atoms with Gasteiger partial charge in [0.25, 0.3) is 0 Å². The van der Waals surface area contributed by atoms with Crippen molar-refractivity contribution in [2.45, 2.75) is 41.0 Å². The summed E-state index contributed by atoms with van der Waals surface area (Å²) in [5, 5.41) is 0. The lowest BCUT2D eigenvalue weighted by molar-refractivity contribution is -0.119. The van der Waals surface area contributed by atoms with Crippen molar-refractivity contribution < 1.29 is 9.53 Å². The molecule has 0 aliphatic heterocycles. The molecule has 2 heteroatoms. The fourth-order valence-corrected chi connectivity index (χ4v) is 1.30. The van der Waals surface area contributed by atoms with Crippen LogP contribution in [0.4, 0.5) is 0 Å². The topological polar surface area (TPSA) is 26.3 Å². The van der Waals surface area contributed by atoms with E-state index in [1.54, 1.807) is 6.92 Å². The Morgan fingerprint density at radius 2 is 1.92 bits per heavy atom. The SMILES string of the molecule is CC(=O)CC(C)(C)COCC(C)C. The molecule has 0 aromatic carbocycles. The molecule has 0 bridgehead atoms. The van der Waals surface area contributed by atoms with Gasteiger partial charge in [0, 0.05) is 13.0 Å². The number of hydrogen-bond acceptors (Lipinski definition) is 2. The first-order valence-corrected chi connectivity index (χ1v) is 4.91. The summed E-state index contributed by atoms with van der Waals surface area (Å²) in [6.45, 7) is 11.5. The van der Waals surface area contributed by atoms with E-state index < -0.39 is 0 Å². The maximum absolute atomic E-state index is 10.9. The highest BCUT2D eigenvalue weighted by Gasteiger charge is 2.20. The zero-order valence-corrected chi connectivity index (χ0v) is 9.52. The molecule has 0 aliphatic carbocycles. The Hall–Kier alpha value is -0.370. The molecule has 0 unspecified atom stereocenters. The lowest BCUT2D eigenvalue weighted by atomic mass is 9.89. The van der Waals surface area contributed by atoms with Crippen LogP contribution in [0.5, 0.6) is 0 Å². The number of rotatable bonds is 6. The van der Waals surface area contributed by atoms with Crippen LogP contribution in [0.15, 0.2) is 0 Å². The van der Waals surface area contributed by atoms with Gasteiger partial charge in [-0.2, -0.15) is 0 Å². The molecule has 78 valence electrons. The molecule has 0 atom stereocenters. The van der Waals surface area contributed by atoms with Crippen molar-refractivity contribution in [1.82, 2.24) is 0 Å². The highest BCUT2D eigenvalue weighted by molar-refractivity contribution is 5.76. The van der Waals surface area contributed by atoms with Crippen LogP contribution < -0.4 is 0 Å². The zero-order chi connectivity index (χ0) is 10.5. The summed E-state index contributed by atoms with van der Waals surface area (Å²) in [6.07, 6.45) is 0.602. The minimum atomic E-state index is -0.0132. The van der Waals surface area contributed by atoms with E-state index in [4.69, 9.17) is 4.74 Å². The maximum atomic E-state index is 10.9. The summed E-state index contributed by atoms with van der Waals surface area (Å²) in [5.74, 6) is 0.797. The van der Waals surface area contributed by atoms with Crippen LogP contribution in [0.25, 0.3) is 0 Å². The second kappa shape index (κ2) is 5.38. The van der Waals surface area contributed by atoms with Gasteiger partial charge < -0.3 is 9.53 Å². The maximum Gasteiger partial charge on any atom is 0.130 e. The number of carbonyl (C=O) groups excluding carboxylic acids is 1. The van der Waals surface area contributed by atoms with Gasteiger partial charge in [-0.1, -0.05) is 27.7 Å². The zero-order valence-electron chi connectivity index (χ0n) is 9.52. The fraction of sp³-hybridized carbons (Fsp3) is 0.909. The lowest BCUT2D eigenvalue weighted by Gasteiger charge is -2.23. The molecule has 0 saturated heterocycles. The minimum Gasteiger partial charge on any atom is -0.381 e. The number of ketones is 1. The molecule has 0 heterocycles. The van der Waals surface area contributed by atoms with Crippen LogP contribution in [0.1, 0.15) is 41.0 Å². The monoisotopic (exact) mass is 186 g/mol. The average molecular weight is 186 g/mol. The van der Waals surface area contributed by atoms with Crippen molar-refractivity contribution in [2.24, 2.45) is 11.3 Å². The van der Waals surface area contributed by atoms with Gasteiger partial charge >= 0.3 is 0 Å². The summed E-state index contributed by atoms with van der Waals surface area (Å²) in [4.78, 5) is 10.9. The number of ether oxygens (including phenoxy) is 1. The Morgan fingerprint density at radius 3 is 2.31 bits per heavy atom. The van der Waals surface area contributed by atoms with Crippen molar-refractivity contribution in [3.63, 3.8) is 0 Å². The van der Waals surface area contributed by atoms with Crippen LogP contribution in [0.3, 0.4) is 0 Å². The molecule has 0 aliphatic rings. The van der Waals surface area contributed by atoms with Gasteiger partial charge in [-0.05, 0) is 18.3 Å². The second-order valence-electron chi connectivity index (χ2n) is 4.95. The van der Waals surface area contributed by atoms with E-state index in [2.05, 4.69) is 27.7 Å². The van der Waals surface area contributed by atoms with E-state index in [0.717, 1.165) is 6.61 Å². The molecule has 0 aromatic rings. The van der Waals surface area contributed by atoms with Gasteiger partial charge in [0.1, 0.15) is 5.78 Å². The van der Waals surface area contributed by atoms with Crippen molar-refractivity contribution in [2.75, 3.05) is 13.2 Å². The molecule has 0 fully saturated rings.